The average Bonchev–Trinajstić information content (AvgIpc) is 2.52. The minimum absolute atomic E-state index is 0.243. The number of carbonyl (C=O) groups excluding carboxylic acids is 2. The maximum atomic E-state index is 12.3. The lowest BCUT2D eigenvalue weighted by Crippen LogP contribution is -2.34. The summed E-state index contributed by atoms with van der Waals surface area (Å²) in [5, 5.41) is 5.37. The summed E-state index contributed by atoms with van der Waals surface area (Å²) >= 11 is 0. The molecule has 140 valence electrons. The number of hydrogen-bond donors (Lipinski definition) is 3. The fourth-order valence-corrected chi connectivity index (χ4v) is 1.97. The van der Waals surface area contributed by atoms with Crippen molar-refractivity contribution >= 4 is 17.7 Å². The molecule has 1 rings (SSSR count). The Kier molecular flexibility index (Phi) is 7.35. The van der Waals surface area contributed by atoms with Gasteiger partial charge in [0.2, 0.25) is 0 Å². The van der Waals surface area contributed by atoms with Gasteiger partial charge in [-0.15, -0.1) is 0 Å². The number of amides is 2. The van der Waals surface area contributed by atoms with Gasteiger partial charge in [-0.05, 0) is 33.3 Å². The number of nitrogen functional groups attached to an aromatic ring is 1. The lowest BCUT2D eigenvalue weighted by molar-refractivity contribution is 0.0527. The molecule has 0 bridgehead atoms. The molecule has 25 heavy (non-hydrogen) atoms. The minimum Gasteiger partial charge on any atom is -0.497 e. The quantitative estimate of drug-likeness (QED) is 0.510. The lowest BCUT2D eigenvalue weighted by Gasteiger charge is -2.19. The molecule has 0 heterocycles. The fourth-order valence-electron chi connectivity index (χ4n) is 1.97. The Hall–Kier alpha value is -2.64. The van der Waals surface area contributed by atoms with Gasteiger partial charge in [0.15, 0.2) is 0 Å². The Morgan fingerprint density at radius 3 is 2.28 bits per heavy atom. The van der Waals surface area contributed by atoms with Crippen molar-refractivity contribution in [1.82, 2.24) is 10.6 Å². The van der Waals surface area contributed by atoms with Crippen LogP contribution in [0.25, 0.3) is 0 Å². The zero-order chi connectivity index (χ0) is 19.0. The van der Waals surface area contributed by atoms with Gasteiger partial charge in [0, 0.05) is 19.2 Å². The summed E-state index contributed by atoms with van der Waals surface area (Å²) < 4.78 is 15.4. The first-order chi connectivity index (χ1) is 11.7. The van der Waals surface area contributed by atoms with Crippen molar-refractivity contribution in [2.75, 3.05) is 33.0 Å². The van der Waals surface area contributed by atoms with E-state index in [1.807, 2.05) is 0 Å². The SMILES string of the molecule is COc1cc(OC)c(N)c(C(=O)NCCCNC(=O)OC(C)(C)C)c1. The zero-order valence-corrected chi connectivity index (χ0v) is 15.4. The van der Waals surface area contributed by atoms with E-state index in [0.717, 1.165) is 0 Å². The van der Waals surface area contributed by atoms with Crippen molar-refractivity contribution in [2.45, 2.75) is 32.8 Å². The number of hydrogen-bond acceptors (Lipinski definition) is 6. The Morgan fingerprint density at radius 2 is 1.72 bits per heavy atom. The number of alkyl carbamates (subject to hydrolysis) is 1. The molecule has 1 aromatic carbocycles. The van der Waals surface area contributed by atoms with Gasteiger partial charge in [-0.2, -0.15) is 0 Å². The standard InChI is InChI=1S/C17H27N3O5/c1-17(2,3)25-16(22)20-8-6-7-19-15(21)12-9-11(23-4)10-13(24-5)14(12)18/h9-10H,6-8,18H2,1-5H3,(H,19,21)(H,20,22). The van der Waals surface area contributed by atoms with E-state index < -0.39 is 11.7 Å². The van der Waals surface area contributed by atoms with Gasteiger partial charge in [0.25, 0.3) is 5.91 Å². The lowest BCUT2D eigenvalue weighted by atomic mass is 10.1. The van der Waals surface area contributed by atoms with Crippen LogP contribution in [0.5, 0.6) is 11.5 Å². The summed E-state index contributed by atoms with van der Waals surface area (Å²) in [5.41, 5.74) is 5.91. The van der Waals surface area contributed by atoms with Crippen LogP contribution >= 0.6 is 0 Å². The summed E-state index contributed by atoms with van der Waals surface area (Å²) in [4.78, 5) is 23.8. The topological polar surface area (TPSA) is 112 Å². The Morgan fingerprint density at radius 1 is 1.08 bits per heavy atom. The molecule has 0 aromatic heterocycles. The number of rotatable bonds is 7. The second-order valence-electron chi connectivity index (χ2n) is 6.33. The van der Waals surface area contributed by atoms with E-state index in [1.54, 1.807) is 32.9 Å². The molecule has 4 N–H and O–H groups in total. The van der Waals surface area contributed by atoms with Crippen molar-refractivity contribution < 1.29 is 23.8 Å². The molecule has 0 aliphatic rings. The summed E-state index contributed by atoms with van der Waals surface area (Å²) in [6, 6.07) is 3.16. The molecule has 0 spiro atoms. The van der Waals surface area contributed by atoms with Crippen LogP contribution in [0.2, 0.25) is 0 Å². The third-order valence-electron chi connectivity index (χ3n) is 3.12. The fraction of sp³-hybridized carbons (Fsp3) is 0.529. The number of nitrogens with two attached hydrogens (primary N) is 1. The molecule has 0 unspecified atom stereocenters. The summed E-state index contributed by atoms with van der Waals surface area (Å²) in [6.45, 7) is 6.12. The average molecular weight is 353 g/mol. The monoisotopic (exact) mass is 353 g/mol. The molecule has 0 aliphatic carbocycles. The minimum atomic E-state index is -0.540. The molecule has 0 saturated carbocycles. The van der Waals surface area contributed by atoms with Crippen molar-refractivity contribution in [2.24, 2.45) is 0 Å². The molecule has 2 amide bonds. The molecule has 0 saturated heterocycles. The molecule has 0 atom stereocenters. The molecule has 8 heteroatoms. The van der Waals surface area contributed by atoms with E-state index in [1.165, 1.54) is 14.2 Å². The maximum absolute atomic E-state index is 12.3. The third-order valence-corrected chi connectivity index (χ3v) is 3.12. The highest BCUT2D eigenvalue weighted by Gasteiger charge is 2.17. The first-order valence-electron chi connectivity index (χ1n) is 7.94. The van der Waals surface area contributed by atoms with Crippen LogP contribution in [0.15, 0.2) is 12.1 Å². The molecule has 1 aromatic rings. The molecule has 0 aliphatic heterocycles. The van der Waals surface area contributed by atoms with Crippen LogP contribution in [0.3, 0.4) is 0 Å². The highest BCUT2D eigenvalue weighted by Crippen LogP contribution is 2.30. The van der Waals surface area contributed by atoms with E-state index in [2.05, 4.69) is 10.6 Å². The van der Waals surface area contributed by atoms with Gasteiger partial charge in [-0.3, -0.25) is 4.79 Å². The Bertz CT molecular complexity index is 611. The number of carbonyl (C=O) groups is 2. The Labute approximate surface area is 148 Å². The number of benzene rings is 1. The van der Waals surface area contributed by atoms with E-state index in [4.69, 9.17) is 19.9 Å². The second-order valence-corrected chi connectivity index (χ2v) is 6.33. The van der Waals surface area contributed by atoms with Crippen molar-refractivity contribution in [3.63, 3.8) is 0 Å². The summed E-state index contributed by atoms with van der Waals surface area (Å²) in [5.74, 6) is 0.505. The third kappa shape index (κ3) is 6.78. The van der Waals surface area contributed by atoms with Gasteiger partial charge in [0.1, 0.15) is 17.1 Å². The van der Waals surface area contributed by atoms with Crippen LogP contribution in [-0.4, -0.2) is 44.9 Å². The summed E-state index contributed by atoms with van der Waals surface area (Å²) in [7, 11) is 2.96. The van der Waals surface area contributed by atoms with E-state index in [-0.39, 0.29) is 17.2 Å². The highest BCUT2D eigenvalue weighted by atomic mass is 16.6. The van der Waals surface area contributed by atoms with Crippen molar-refractivity contribution in [3.8, 4) is 11.5 Å². The maximum Gasteiger partial charge on any atom is 0.407 e. The molecule has 0 radical (unpaired) electrons. The van der Waals surface area contributed by atoms with Gasteiger partial charge in [-0.1, -0.05) is 0 Å². The molecular weight excluding hydrogens is 326 g/mol. The van der Waals surface area contributed by atoms with Crippen LogP contribution in [0.4, 0.5) is 10.5 Å². The van der Waals surface area contributed by atoms with Crippen LogP contribution in [-0.2, 0) is 4.74 Å². The van der Waals surface area contributed by atoms with Crippen LogP contribution in [0, 0.1) is 0 Å². The van der Waals surface area contributed by atoms with Gasteiger partial charge >= 0.3 is 6.09 Å². The zero-order valence-electron chi connectivity index (χ0n) is 15.4. The van der Waals surface area contributed by atoms with Gasteiger partial charge in [-0.25, -0.2) is 4.79 Å². The van der Waals surface area contributed by atoms with Crippen molar-refractivity contribution in [1.29, 1.82) is 0 Å². The number of ether oxygens (including phenoxy) is 3. The van der Waals surface area contributed by atoms with E-state index >= 15 is 0 Å². The van der Waals surface area contributed by atoms with E-state index in [9.17, 15) is 9.59 Å². The molecular formula is C17H27N3O5. The van der Waals surface area contributed by atoms with Gasteiger partial charge in [0.05, 0.1) is 25.5 Å². The second kappa shape index (κ2) is 9.00. The van der Waals surface area contributed by atoms with Crippen LogP contribution in [0.1, 0.15) is 37.6 Å². The van der Waals surface area contributed by atoms with Crippen molar-refractivity contribution in [3.05, 3.63) is 17.7 Å². The summed E-state index contributed by atoms with van der Waals surface area (Å²) in [6.07, 6.45) is 0.0621. The normalized spacial score (nSPS) is 10.8. The molecule has 0 fully saturated rings. The predicted molar refractivity (Wildman–Crippen MR) is 95.1 cm³/mol. The number of methoxy groups -OCH3 is 2. The highest BCUT2D eigenvalue weighted by molar-refractivity contribution is 6.00. The van der Waals surface area contributed by atoms with Crippen LogP contribution < -0.4 is 25.8 Å². The molecule has 8 nitrogen and oxygen atoms in total. The van der Waals surface area contributed by atoms with E-state index in [0.29, 0.717) is 31.0 Å². The first kappa shape index (κ1) is 20.4. The van der Waals surface area contributed by atoms with Gasteiger partial charge < -0.3 is 30.6 Å². The smallest absolute Gasteiger partial charge is 0.407 e. The number of anilines is 1. The first-order valence-corrected chi connectivity index (χ1v) is 7.94. The Balaban J connectivity index is 2.49. The predicted octanol–water partition coefficient (Wildman–Crippen LogP) is 1.93. The number of nitrogens with one attached hydrogen (secondary N) is 2. The largest absolute Gasteiger partial charge is 0.497 e.